The standard InChI is InChI=1S/C47H48N/c1-6-9-17-34-18-15-21-36(28-34)41-30-40(35-19-11-10-12-20-35)31-42(32-41)38-23-16-22-37(29-38)39-25-26-44-43(33-39)45-24-13-14-27-48(45)47(5,8-3)46(44,4)7-2/h10-16,18-33H,6-9,17H2,1-5H3/q+1. The number of pyridine rings is 1. The second-order valence-electron chi connectivity index (χ2n) is 14.1. The van der Waals surface area contributed by atoms with Crippen molar-refractivity contribution in [1.82, 2.24) is 0 Å². The highest BCUT2D eigenvalue weighted by molar-refractivity contribution is 5.84. The van der Waals surface area contributed by atoms with Gasteiger partial charge in [0.2, 0.25) is 5.69 Å². The molecule has 48 heavy (non-hydrogen) atoms. The number of aromatic nitrogens is 1. The van der Waals surface area contributed by atoms with Crippen LogP contribution in [0.15, 0.2) is 140 Å². The first-order chi connectivity index (χ1) is 23.4. The van der Waals surface area contributed by atoms with Crippen LogP contribution < -0.4 is 4.57 Å². The summed E-state index contributed by atoms with van der Waals surface area (Å²) in [5, 5.41) is 0. The summed E-state index contributed by atoms with van der Waals surface area (Å²) < 4.78 is 2.55. The highest BCUT2D eigenvalue weighted by Crippen LogP contribution is 2.50. The van der Waals surface area contributed by atoms with Gasteiger partial charge in [0.05, 0.1) is 11.0 Å². The molecule has 5 aromatic carbocycles. The molecule has 1 aliphatic heterocycles. The molecule has 2 heterocycles. The second-order valence-corrected chi connectivity index (χ2v) is 14.1. The van der Waals surface area contributed by atoms with Crippen molar-refractivity contribution in [3.63, 3.8) is 0 Å². The zero-order valence-corrected chi connectivity index (χ0v) is 29.3. The van der Waals surface area contributed by atoms with Crippen LogP contribution in [0, 0.1) is 0 Å². The van der Waals surface area contributed by atoms with E-state index >= 15 is 0 Å². The molecule has 0 saturated carbocycles. The first-order valence-electron chi connectivity index (χ1n) is 17.9. The van der Waals surface area contributed by atoms with Gasteiger partial charge in [-0.3, -0.25) is 0 Å². The van der Waals surface area contributed by atoms with Crippen molar-refractivity contribution in [1.29, 1.82) is 0 Å². The number of hydrogen-bond donors (Lipinski definition) is 0. The lowest BCUT2D eigenvalue weighted by Gasteiger charge is -2.46. The zero-order chi connectivity index (χ0) is 33.3. The lowest BCUT2D eigenvalue weighted by atomic mass is 9.60. The Balaban J connectivity index is 1.34. The Kier molecular flexibility index (Phi) is 8.65. The first kappa shape index (κ1) is 31.8. The van der Waals surface area contributed by atoms with Crippen LogP contribution in [0.5, 0.6) is 0 Å². The molecule has 1 aliphatic rings. The number of hydrogen-bond acceptors (Lipinski definition) is 0. The van der Waals surface area contributed by atoms with E-state index in [2.05, 4.69) is 179 Å². The van der Waals surface area contributed by atoms with E-state index in [1.54, 1.807) is 0 Å². The summed E-state index contributed by atoms with van der Waals surface area (Å²) in [4.78, 5) is 0. The van der Waals surface area contributed by atoms with Crippen LogP contribution >= 0.6 is 0 Å². The van der Waals surface area contributed by atoms with Crippen LogP contribution in [-0.4, -0.2) is 0 Å². The summed E-state index contributed by atoms with van der Waals surface area (Å²) >= 11 is 0. The minimum Gasteiger partial charge on any atom is -0.192 e. The monoisotopic (exact) mass is 626 g/mol. The molecular weight excluding hydrogens is 579 g/mol. The van der Waals surface area contributed by atoms with Gasteiger partial charge in [-0.05, 0) is 118 Å². The van der Waals surface area contributed by atoms with Crippen molar-refractivity contribution in [2.45, 2.75) is 77.7 Å². The van der Waals surface area contributed by atoms with Crippen molar-refractivity contribution < 1.29 is 4.57 Å². The molecule has 240 valence electrons. The number of fused-ring (bicyclic) bond motifs is 3. The van der Waals surface area contributed by atoms with Gasteiger partial charge < -0.3 is 0 Å². The molecule has 0 spiro atoms. The molecule has 2 unspecified atom stereocenters. The maximum atomic E-state index is 2.55. The predicted molar refractivity (Wildman–Crippen MR) is 204 cm³/mol. The van der Waals surface area contributed by atoms with Crippen molar-refractivity contribution in [2.75, 3.05) is 0 Å². The Hall–Kier alpha value is -4.75. The molecule has 1 nitrogen and oxygen atoms in total. The van der Waals surface area contributed by atoms with E-state index in [0.717, 1.165) is 19.3 Å². The van der Waals surface area contributed by atoms with E-state index in [4.69, 9.17) is 0 Å². The third-order valence-corrected chi connectivity index (χ3v) is 11.5. The SMILES string of the molecule is CCCCc1cccc(-c2cc(-c3ccccc3)cc(-c3cccc(-c4ccc5c(c4)-c4cccc[n+]4C(C)(CC)C5(C)CC)c3)c2)c1. The van der Waals surface area contributed by atoms with Crippen LogP contribution in [0.1, 0.15) is 71.4 Å². The number of rotatable bonds is 9. The van der Waals surface area contributed by atoms with Gasteiger partial charge in [0.25, 0.3) is 0 Å². The van der Waals surface area contributed by atoms with Crippen molar-refractivity contribution in [3.05, 3.63) is 151 Å². The summed E-state index contributed by atoms with van der Waals surface area (Å²) in [5.41, 5.74) is 15.6. The zero-order valence-electron chi connectivity index (χ0n) is 29.3. The molecule has 1 heteroatoms. The van der Waals surface area contributed by atoms with E-state index in [1.165, 1.54) is 79.7 Å². The van der Waals surface area contributed by atoms with Gasteiger partial charge in [-0.2, -0.15) is 4.57 Å². The number of benzene rings is 5. The van der Waals surface area contributed by atoms with Crippen molar-refractivity contribution >= 4 is 0 Å². The number of unbranched alkanes of at least 4 members (excludes halogenated alkanes) is 1. The van der Waals surface area contributed by atoms with Crippen molar-refractivity contribution in [2.24, 2.45) is 0 Å². The van der Waals surface area contributed by atoms with Crippen LogP contribution in [0.25, 0.3) is 55.8 Å². The van der Waals surface area contributed by atoms with Gasteiger partial charge in [-0.15, -0.1) is 0 Å². The van der Waals surface area contributed by atoms with E-state index in [1.807, 2.05) is 0 Å². The molecule has 7 rings (SSSR count). The molecular formula is C47H48N+. The summed E-state index contributed by atoms with van der Waals surface area (Å²) in [5.74, 6) is 0. The van der Waals surface area contributed by atoms with Crippen LogP contribution in [-0.2, 0) is 17.4 Å². The van der Waals surface area contributed by atoms with E-state index < -0.39 is 0 Å². The number of nitrogens with zero attached hydrogens (tertiary/aromatic N) is 1. The lowest BCUT2D eigenvalue weighted by molar-refractivity contribution is -0.765. The molecule has 1 aromatic heterocycles. The van der Waals surface area contributed by atoms with Crippen LogP contribution in [0.4, 0.5) is 0 Å². The van der Waals surface area contributed by atoms with Crippen molar-refractivity contribution in [3.8, 4) is 55.8 Å². The molecule has 0 N–H and O–H groups in total. The van der Waals surface area contributed by atoms with Gasteiger partial charge in [0, 0.05) is 25.5 Å². The van der Waals surface area contributed by atoms with Gasteiger partial charge in [-0.1, -0.05) is 112 Å². The molecule has 0 saturated heterocycles. The van der Waals surface area contributed by atoms with Gasteiger partial charge in [-0.25, -0.2) is 0 Å². The maximum Gasteiger partial charge on any atom is 0.213 e. The fourth-order valence-corrected chi connectivity index (χ4v) is 8.12. The van der Waals surface area contributed by atoms with Crippen LogP contribution in [0.3, 0.4) is 0 Å². The summed E-state index contributed by atoms with van der Waals surface area (Å²) in [6.07, 6.45) is 8.00. The second kappa shape index (κ2) is 13.0. The largest absolute Gasteiger partial charge is 0.213 e. The third-order valence-electron chi connectivity index (χ3n) is 11.5. The fraction of sp³-hybridized carbons (Fsp3) is 0.255. The highest BCUT2D eigenvalue weighted by Gasteiger charge is 2.56. The summed E-state index contributed by atoms with van der Waals surface area (Å²) in [6, 6.07) is 50.0. The predicted octanol–water partition coefficient (Wildman–Crippen LogP) is 12.5. The minimum atomic E-state index is 0.00374. The maximum absolute atomic E-state index is 2.55. The molecule has 0 radical (unpaired) electrons. The quantitative estimate of drug-likeness (QED) is 0.141. The first-order valence-corrected chi connectivity index (χ1v) is 17.9. The molecule has 0 aliphatic carbocycles. The molecule has 2 atom stereocenters. The number of aryl methyl sites for hydroxylation is 1. The Morgan fingerprint density at radius 3 is 1.77 bits per heavy atom. The Labute approximate surface area is 288 Å². The highest BCUT2D eigenvalue weighted by atomic mass is 15.1. The topological polar surface area (TPSA) is 3.88 Å². The summed E-state index contributed by atoms with van der Waals surface area (Å²) in [7, 11) is 0. The van der Waals surface area contributed by atoms with E-state index in [9.17, 15) is 0 Å². The molecule has 0 fully saturated rings. The Morgan fingerprint density at radius 2 is 1.08 bits per heavy atom. The van der Waals surface area contributed by atoms with E-state index in [-0.39, 0.29) is 11.0 Å². The average molecular weight is 627 g/mol. The molecule has 0 bridgehead atoms. The van der Waals surface area contributed by atoms with Crippen LogP contribution in [0.2, 0.25) is 0 Å². The lowest BCUT2D eigenvalue weighted by Crippen LogP contribution is -2.67. The minimum absolute atomic E-state index is 0.00374. The van der Waals surface area contributed by atoms with Gasteiger partial charge in [0.15, 0.2) is 11.7 Å². The van der Waals surface area contributed by atoms with E-state index in [0.29, 0.717) is 0 Å². The van der Waals surface area contributed by atoms with Gasteiger partial charge in [0.1, 0.15) is 0 Å². The normalized spacial score (nSPS) is 18.3. The Morgan fingerprint density at radius 1 is 0.500 bits per heavy atom. The molecule has 6 aromatic rings. The average Bonchev–Trinajstić information content (AvgIpc) is 3.16. The summed E-state index contributed by atoms with van der Waals surface area (Å²) in [6.45, 7) is 11.9. The smallest absolute Gasteiger partial charge is 0.192 e. The third kappa shape index (κ3) is 5.50. The van der Waals surface area contributed by atoms with Gasteiger partial charge >= 0.3 is 0 Å². The Bertz CT molecular complexity index is 2070. The fourth-order valence-electron chi connectivity index (χ4n) is 8.12. The molecule has 0 amide bonds.